The number of carboxylic acids is 1. The highest BCUT2D eigenvalue weighted by Gasteiger charge is 2.70. The molecule has 2 N–H and O–H groups in total. The predicted octanol–water partition coefficient (Wildman–Crippen LogP) is 5.91. The van der Waals surface area contributed by atoms with Gasteiger partial charge in [-0.2, -0.15) is 0 Å². The maximum atomic E-state index is 16.0. The summed E-state index contributed by atoms with van der Waals surface area (Å²) < 4.78 is 16.0. The summed E-state index contributed by atoms with van der Waals surface area (Å²) in [6.07, 6.45) is 2.62. The van der Waals surface area contributed by atoms with Crippen molar-refractivity contribution in [1.82, 2.24) is 4.90 Å². The van der Waals surface area contributed by atoms with E-state index in [1.165, 1.54) is 18.2 Å². The smallest absolute Gasteiger partial charge is 0.335 e. The molecule has 10 heteroatoms. The molecule has 2 saturated heterocycles. The van der Waals surface area contributed by atoms with Crippen molar-refractivity contribution in [3.8, 4) is 0 Å². The van der Waals surface area contributed by atoms with Gasteiger partial charge in [0.1, 0.15) is 11.4 Å². The number of likely N-dealkylation sites (tertiary alicyclic amines) is 1. The van der Waals surface area contributed by atoms with Crippen molar-refractivity contribution >= 4 is 52.4 Å². The summed E-state index contributed by atoms with van der Waals surface area (Å²) in [6.45, 7) is 0.986. The molecule has 3 aromatic carbocycles. The Labute approximate surface area is 245 Å². The minimum absolute atomic E-state index is 0.0750. The lowest BCUT2D eigenvalue weighted by Gasteiger charge is -2.40. The van der Waals surface area contributed by atoms with Gasteiger partial charge in [-0.15, -0.1) is 0 Å². The number of fused-ring (bicyclic) bond motifs is 3. The van der Waals surface area contributed by atoms with Gasteiger partial charge in [0, 0.05) is 47.0 Å². The molecule has 4 aliphatic rings. The molecular formula is C31H26Cl2FN3O4. The predicted molar refractivity (Wildman–Crippen MR) is 153 cm³/mol. The van der Waals surface area contributed by atoms with Crippen LogP contribution in [0.15, 0.2) is 60.7 Å². The van der Waals surface area contributed by atoms with Crippen molar-refractivity contribution in [3.63, 3.8) is 0 Å². The van der Waals surface area contributed by atoms with Crippen LogP contribution in [0.3, 0.4) is 0 Å². The van der Waals surface area contributed by atoms with Crippen LogP contribution in [0.2, 0.25) is 10.0 Å². The van der Waals surface area contributed by atoms with E-state index in [0.29, 0.717) is 47.4 Å². The molecular weight excluding hydrogens is 568 g/mol. The first-order valence-corrected chi connectivity index (χ1v) is 14.4. The van der Waals surface area contributed by atoms with Gasteiger partial charge in [0.25, 0.3) is 0 Å². The van der Waals surface area contributed by atoms with Crippen molar-refractivity contribution in [2.24, 2.45) is 11.8 Å². The van der Waals surface area contributed by atoms with Crippen LogP contribution in [0, 0.1) is 17.7 Å². The first kappa shape index (κ1) is 26.4. The summed E-state index contributed by atoms with van der Waals surface area (Å²) in [5.41, 5.74) is 0.784. The first-order valence-electron chi connectivity index (χ1n) is 13.7. The second-order valence-corrected chi connectivity index (χ2v) is 12.2. The van der Waals surface area contributed by atoms with Crippen LogP contribution in [0.4, 0.5) is 15.8 Å². The Kier molecular flexibility index (Phi) is 6.15. The molecule has 0 bridgehead atoms. The summed E-state index contributed by atoms with van der Waals surface area (Å²) in [7, 11) is 0. The average Bonchev–Trinajstić information content (AvgIpc) is 3.67. The zero-order valence-electron chi connectivity index (χ0n) is 21.8. The number of benzene rings is 3. The molecule has 7 nitrogen and oxygen atoms in total. The van der Waals surface area contributed by atoms with Gasteiger partial charge >= 0.3 is 5.97 Å². The lowest BCUT2D eigenvalue weighted by molar-refractivity contribution is -0.128. The third kappa shape index (κ3) is 3.91. The molecule has 3 heterocycles. The Hall–Kier alpha value is -3.46. The largest absolute Gasteiger partial charge is 0.478 e. The van der Waals surface area contributed by atoms with Gasteiger partial charge in [-0.25, -0.2) is 9.18 Å². The normalized spacial score (nSPS) is 27.2. The fourth-order valence-corrected chi connectivity index (χ4v) is 7.63. The van der Waals surface area contributed by atoms with E-state index in [1.807, 2.05) is 6.07 Å². The summed E-state index contributed by atoms with van der Waals surface area (Å²) >= 11 is 12.6. The number of rotatable bonds is 5. The van der Waals surface area contributed by atoms with Crippen LogP contribution in [0.25, 0.3) is 0 Å². The summed E-state index contributed by atoms with van der Waals surface area (Å²) in [5.74, 6) is -3.49. The van der Waals surface area contributed by atoms with Crippen LogP contribution >= 0.6 is 23.2 Å². The summed E-state index contributed by atoms with van der Waals surface area (Å²) in [5, 5.41) is 12.7. The van der Waals surface area contributed by atoms with E-state index in [2.05, 4.69) is 10.2 Å². The molecule has 1 spiro atoms. The number of anilines is 2. The molecule has 0 unspecified atom stereocenters. The van der Waals surface area contributed by atoms with Crippen LogP contribution in [-0.2, 0) is 15.1 Å². The molecule has 2 amide bonds. The van der Waals surface area contributed by atoms with Crippen molar-refractivity contribution in [2.75, 3.05) is 23.3 Å². The van der Waals surface area contributed by atoms with E-state index in [9.17, 15) is 19.5 Å². The van der Waals surface area contributed by atoms with Crippen LogP contribution in [-0.4, -0.2) is 46.9 Å². The number of hydrogen-bond acceptors (Lipinski definition) is 4. The number of nitrogens with zero attached hydrogens (tertiary/aromatic N) is 2. The van der Waals surface area contributed by atoms with Crippen molar-refractivity contribution in [1.29, 1.82) is 0 Å². The maximum Gasteiger partial charge on any atom is 0.335 e. The molecule has 3 aromatic rings. The fraction of sp³-hybridized carbons (Fsp3) is 0.323. The number of nitrogens with one attached hydrogen (secondary N) is 1. The van der Waals surface area contributed by atoms with Gasteiger partial charge in [0.2, 0.25) is 11.8 Å². The lowest BCUT2D eigenvalue weighted by atomic mass is 9.70. The third-order valence-corrected chi connectivity index (χ3v) is 9.68. The number of piperidine rings is 1. The number of carboxylic acid groups (broad SMARTS) is 1. The Balaban J connectivity index is 1.43. The van der Waals surface area contributed by atoms with Gasteiger partial charge in [0.15, 0.2) is 0 Å². The highest BCUT2D eigenvalue weighted by atomic mass is 35.5. The number of amides is 2. The maximum absolute atomic E-state index is 16.0. The molecule has 210 valence electrons. The molecule has 41 heavy (non-hydrogen) atoms. The molecule has 0 aromatic heterocycles. The Morgan fingerprint density at radius 1 is 1.05 bits per heavy atom. The molecule has 4 atom stereocenters. The average molecular weight is 594 g/mol. The quantitative estimate of drug-likeness (QED) is 0.384. The number of carbonyl (C=O) groups excluding carboxylic acids is 2. The summed E-state index contributed by atoms with van der Waals surface area (Å²) in [4.78, 5) is 44.1. The van der Waals surface area contributed by atoms with E-state index in [4.69, 9.17) is 23.2 Å². The first-order chi connectivity index (χ1) is 19.7. The number of carbonyl (C=O) groups is 3. The summed E-state index contributed by atoms with van der Waals surface area (Å²) in [6, 6.07) is 15.8. The van der Waals surface area contributed by atoms with Gasteiger partial charge in [-0.1, -0.05) is 41.4 Å². The lowest BCUT2D eigenvalue weighted by Crippen LogP contribution is -2.54. The van der Waals surface area contributed by atoms with Crippen LogP contribution in [0.5, 0.6) is 0 Å². The highest BCUT2D eigenvalue weighted by Crippen LogP contribution is 2.62. The Morgan fingerprint density at radius 3 is 2.51 bits per heavy atom. The third-order valence-electron chi connectivity index (χ3n) is 9.16. The van der Waals surface area contributed by atoms with Gasteiger partial charge in [-0.3, -0.25) is 14.5 Å². The van der Waals surface area contributed by atoms with E-state index in [-0.39, 0.29) is 34.0 Å². The minimum atomic E-state index is -1.35. The highest BCUT2D eigenvalue weighted by molar-refractivity contribution is 6.31. The molecule has 3 aliphatic heterocycles. The zero-order valence-corrected chi connectivity index (χ0v) is 23.3. The second kappa shape index (κ2) is 9.54. The van der Waals surface area contributed by atoms with E-state index < -0.39 is 29.2 Å². The molecule has 0 radical (unpaired) electrons. The van der Waals surface area contributed by atoms with Gasteiger partial charge in [-0.05, 0) is 73.2 Å². The number of halogens is 3. The zero-order chi connectivity index (χ0) is 28.6. The molecule has 3 fully saturated rings. The molecule has 7 rings (SSSR count). The topological polar surface area (TPSA) is 90.0 Å². The Morgan fingerprint density at radius 2 is 1.80 bits per heavy atom. The fourth-order valence-electron chi connectivity index (χ4n) is 7.27. The van der Waals surface area contributed by atoms with E-state index >= 15 is 4.39 Å². The number of aromatic carboxylic acids is 1. The van der Waals surface area contributed by atoms with Crippen molar-refractivity contribution in [2.45, 2.75) is 36.8 Å². The van der Waals surface area contributed by atoms with Gasteiger partial charge in [0.05, 0.1) is 16.5 Å². The minimum Gasteiger partial charge on any atom is -0.478 e. The van der Waals surface area contributed by atoms with Crippen LogP contribution < -0.4 is 10.2 Å². The van der Waals surface area contributed by atoms with E-state index in [0.717, 1.165) is 12.8 Å². The van der Waals surface area contributed by atoms with E-state index in [1.54, 1.807) is 41.3 Å². The Bertz CT molecular complexity index is 1610. The molecule has 1 saturated carbocycles. The second-order valence-electron chi connectivity index (χ2n) is 11.4. The van der Waals surface area contributed by atoms with Crippen molar-refractivity contribution in [3.05, 3.63) is 93.2 Å². The molecule has 1 aliphatic carbocycles. The van der Waals surface area contributed by atoms with Crippen LogP contribution in [0.1, 0.15) is 46.7 Å². The monoisotopic (exact) mass is 593 g/mol. The van der Waals surface area contributed by atoms with Gasteiger partial charge < -0.3 is 15.3 Å². The van der Waals surface area contributed by atoms with Crippen molar-refractivity contribution < 1.29 is 23.9 Å². The standard InChI is InChI=1S/C31H26Cl2FN3O4/c32-18-8-11-21-23(14-18)35-30(41)31(21)26(20-2-1-3-22(33)27(20)34)25-24(37(31)15-16-4-5-16)12-13-36(28(25)38)19-9-6-17(7-10-19)29(39)40/h1-3,6-11,14,16,24-26H,4-5,12-13,15H2,(H,35,41)(H,39,40)/t24-,25+,26-,31+/m0/s1. The SMILES string of the molecule is O=C(O)c1ccc(N2CC[C@H]3[C@@H](C2=O)[C@H](c2cccc(Cl)c2F)[C@]2(C(=O)Nc4cc(Cl)ccc42)N3CC2CC2)cc1. The number of hydrogen-bond donors (Lipinski definition) is 2.